The van der Waals surface area contributed by atoms with Crippen LogP contribution in [0.2, 0.25) is 0 Å². The molecule has 5 nitrogen and oxygen atoms in total. The summed E-state index contributed by atoms with van der Waals surface area (Å²) in [5.74, 6) is -0.232. The van der Waals surface area contributed by atoms with Gasteiger partial charge in [-0.05, 0) is 17.5 Å². The molecule has 0 bridgehead atoms. The minimum Gasteiger partial charge on any atom is -0.328 e. The first-order chi connectivity index (χ1) is 9.20. The number of nitrogens with one attached hydrogen (secondary N) is 1. The van der Waals surface area contributed by atoms with Gasteiger partial charge >= 0.3 is 0 Å². The number of aromatic nitrogens is 2. The Balaban J connectivity index is 2.18. The molecule has 98 valence electrons. The average molecular weight is 275 g/mol. The Hall–Kier alpha value is -2.21. The molecule has 0 fully saturated rings. The molecule has 6 heteroatoms. The van der Waals surface area contributed by atoms with Gasteiger partial charge in [-0.25, -0.2) is 5.10 Å². The van der Waals surface area contributed by atoms with Crippen LogP contribution in [0.4, 0.5) is 0 Å². The minimum absolute atomic E-state index is 0.220. The summed E-state index contributed by atoms with van der Waals surface area (Å²) in [5.41, 5.74) is -0.108. The molecule has 2 aromatic heterocycles. The summed E-state index contributed by atoms with van der Waals surface area (Å²) >= 11 is 1.59. The van der Waals surface area contributed by atoms with E-state index in [1.54, 1.807) is 22.3 Å². The number of carbonyl (C=O) groups excluding carboxylic acids is 1. The van der Waals surface area contributed by atoms with E-state index < -0.39 is 0 Å². The Morgan fingerprint density at radius 2 is 2.32 bits per heavy atom. The Kier molecular flexibility index (Phi) is 4.25. The summed E-state index contributed by atoms with van der Waals surface area (Å²) in [5, 5.41) is 7.97. The fourth-order valence-electron chi connectivity index (χ4n) is 1.59. The lowest BCUT2D eigenvalue weighted by Gasteiger charge is -2.19. The summed E-state index contributed by atoms with van der Waals surface area (Å²) in [4.78, 5) is 25.9. The zero-order chi connectivity index (χ0) is 13.7. The summed E-state index contributed by atoms with van der Waals surface area (Å²) in [6, 6.07) is 6.62. The van der Waals surface area contributed by atoms with Gasteiger partial charge in [-0.15, -0.1) is 17.9 Å². The van der Waals surface area contributed by atoms with E-state index in [0.717, 1.165) is 4.88 Å². The van der Waals surface area contributed by atoms with Crippen LogP contribution < -0.4 is 5.56 Å². The number of hydrogen-bond donors (Lipinski definition) is 1. The van der Waals surface area contributed by atoms with Gasteiger partial charge in [-0.2, -0.15) is 5.10 Å². The van der Waals surface area contributed by atoms with Gasteiger partial charge in [0, 0.05) is 17.5 Å². The van der Waals surface area contributed by atoms with Crippen molar-refractivity contribution >= 4 is 17.2 Å². The second kappa shape index (κ2) is 6.10. The van der Waals surface area contributed by atoms with Crippen molar-refractivity contribution in [2.45, 2.75) is 6.54 Å². The maximum Gasteiger partial charge on any atom is 0.274 e. The van der Waals surface area contributed by atoms with Gasteiger partial charge in [0.2, 0.25) is 0 Å². The molecule has 2 rings (SSSR count). The zero-order valence-electron chi connectivity index (χ0n) is 10.2. The van der Waals surface area contributed by atoms with Crippen molar-refractivity contribution in [3.8, 4) is 0 Å². The Morgan fingerprint density at radius 3 is 2.89 bits per heavy atom. The molecule has 1 N–H and O–H groups in total. The van der Waals surface area contributed by atoms with Crippen LogP contribution in [0.1, 0.15) is 15.4 Å². The summed E-state index contributed by atoms with van der Waals surface area (Å²) in [7, 11) is 0. The van der Waals surface area contributed by atoms with Crippen LogP contribution in [0, 0.1) is 0 Å². The molecule has 0 saturated carbocycles. The summed E-state index contributed by atoms with van der Waals surface area (Å²) < 4.78 is 0. The topological polar surface area (TPSA) is 66.1 Å². The van der Waals surface area contributed by atoms with E-state index in [1.165, 1.54) is 12.1 Å². The maximum atomic E-state index is 12.3. The molecular formula is C13H13N3O2S. The van der Waals surface area contributed by atoms with Crippen LogP contribution in [0.3, 0.4) is 0 Å². The average Bonchev–Trinajstić information content (AvgIpc) is 2.91. The quantitative estimate of drug-likeness (QED) is 0.844. The first-order valence-corrected chi connectivity index (χ1v) is 6.57. The van der Waals surface area contributed by atoms with Crippen molar-refractivity contribution in [1.82, 2.24) is 15.1 Å². The Bertz CT molecular complexity index is 599. The van der Waals surface area contributed by atoms with Crippen LogP contribution in [0.15, 0.2) is 47.1 Å². The molecule has 0 aromatic carbocycles. The van der Waals surface area contributed by atoms with E-state index >= 15 is 0 Å². The third-order valence-corrected chi connectivity index (χ3v) is 3.32. The second-order valence-corrected chi connectivity index (χ2v) is 4.89. The summed E-state index contributed by atoms with van der Waals surface area (Å²) in [6.45, 7) is 4.58. The number of amides is 1. The van der Waals surface area contributed by atoms with Crippen molar-refractivity contribution in [1.29, 1.82) is 0 Å². The molecule has 0 atom stereocenters. The highest BCUT2D eigenvalue weighted by atomic mass is 32.1. The van der Waals surface area contributed by atoms with E-state index in [-0.39, 0.29) is 17.2 Å². The van der Waals surface area contributed by atoms with E-state index in [4.69, 9.17) is 0 Å². The van der Waals surface area contributed by atoms with Crippen molar-refractivity contribution in [2.75, 3.05) is 6.54 Å². The van der Waals surface area contributed by atoms with Gasteiger partial charge in [0.15, 0.2) is 0 Å². The van der Waals surface area contributed by atoms with Gasteiger partial charge < -0.3 is 4.90 Å². The lowest BCUT2D eigenvalue weighted by molar-refractivity contribution is 0.0757. The Labute approximate surface area is 114 Å². The number of hydrogen-bond acceptors (Lipinski definition) is 4. The first kappa shape index (κ1) is 13.2. The second-order valence-electron chi connectivity index (χ2n) is 3.86. The van der Waals surface area contributed by atoms with Crippen LogP contribution in [0.25, 0.3) is 0 Å². The number of rotatable bonds is 5. The number of nitrogens with zero attached hydrogens (tertiary/aromatic N) is 2. The van der Waals surface area contributed by atoms with Crippen LogP contribution in [0.5, 0.6) is 0 Å². The van der Waals surface area contributed by atoms with Gasteiger partial charge in [0.25, 0.3) is 11.5 Å². The highest BCUT2D eigenvalue weighted by Crippen LogP contribution is 2.13. The maximum absolute atomic E-state index is 12.3. The van der Waals surface area contributed by atoms with Crippen molar-refractivity contribution < 1.29 is 4.79 Å². The van der Waals surface area contributed by atoms with Gasteiger partial charge in [0.05, 0.1) is 6.54 Å². The van der Waals surface area contributed by atoms with Gasteiger partial charge in [0.1, 0.15) is 5.69 Å². The normalized spacial score (nSPS) is 10.1. The zero-order valence-corrected chi connectivity index (χ0v) is 11.0. The third-order valence-electron chi connectivity index (χ3n) is 2.46. The van der Waals surface area contributed by atoms with Crippen molar-refractivity contribution in [3.63, 3.8) is 0 Å². The van der Waals surface area contributed by atoms with Crippen LogP contribution >= 0.6 is 11.3 Å². The first-order valence-electron chi connectivity index (χ1n) is 5.69. The van der Waals surface area contributed by atoms with Crippen LogP contribution in [-0.4, -0.2) is 27.5 Å². The molecule has 2 aromatic rings. The number of H-pyrrole nitrogens is 1. The third kappa shape index (κ3) is 3.38. The van der Waals surface area contributed by atoms with Gasteiger partial charge in [-0.3, -0.25) is 9.59 Å². The highest BCUT2D eigenvalue weighted by Gasteiger charge is 2.16. The molecule has 19 heavy (non-hydrogen) atoms. The predicted molar refractivity (Wildman–Crippen MR) is 74.1 cm³/mol. The Morgan fingerprint density at radius 1 is 1.47 bits per heavy atom. The van der Waals surface area contributed by atoms with E-state index in [1.807, 2.05) is 17.5 Å². The molecule has 0 aliphatic carbocycles. The standard InChI is InChI=1S/C13H13N3O2S/c1-2-7-16(9-10-4-3-8-19-10)13(18)11-5-6-12(17)15-14-11/h2-6,8H,1,7,9H2,(H,15,17). The van der Waals surface area contributed by atoms with Crippen molar-refractivity contribution in [2.24, 2.45) is 0 Å². The van der Waals surface area contributed by atoms with Crippen LogP contribution in [-0.2, 0) is 6.54 Å². The lowest BCUT2D eigenvalue weighted by Crippen LogP contribution is -2.31. The molecule has 1 amide bonds. The van der Waals surface area contributed by atoms with E-state index in [9.17, 15) is 9.59 Å². The SMILES string of the molecule is C=CCN(Cc1cccs1)C(=O)c1ccc(=O)[nH]n1. The molecule has 0 radical (unpaired) electrons. The fraction of sp³-hybridized carbons (Fsp3) is 0.154. The molecule has 0 aliphatic rings. The highest BCUT2D eigenvalue weighted by molar-refractivity contribution is 7.09. The number of thiophene rings is 1. The molecule has 2 heterocycles. The number of aromatic amines is 1. The van der Waals surface area contributed by atoms with Crippen molar-refractivity contribution in [3.05, 3.63) is 63.2 Å². The number of carbonyl (C=O) groups is 1. The molecular weight excluding hydrogens is 262 g/mol. The molecule has 0 spiro atoms. The van der Waals surface area contributed by atoms with Gasteiger partial charge in [-0.1, -0.05) is 12.1 Å². The molecule has 0 aliphatic heterocycles. The summed E-state index contributed by atoms with van der Waals surface area (Å²) in [6.07, 6.45) is 1.66. The lowest BCUT2D eigenvalue weighted by atomic mass is 10.3. The minimum atomic E-state index is -0.329. The van der Waals surface area contributed by atoms with E-state index in [0.29, 0.717) is 13.1 Å². The molecule has 0 unspecified atom stereocenters. The monoisotopic (exact) mass is 275 g/mol. The predicted octanol–water partition coefficient (Wildman–Crippen LogP) is 1.66. The van der Waals surface area contributed by atoms with E-state index in [2.05, 4.69) is 16.8 Å². The largest absolute Gasteiger partial charge is 0.328 e. The smallest absolute Gasteiger partial charge is 0.274 e. The molecule has 0 saturated heterocycles. The fourth-order valence-corrected chi connectivity index (χ4v) is 2.31.